The molecule has 17 heavy (non-hydrogen) atoms. The van der Waals surface area contributed by atoms with Crippen LogP contribution in [0.5, 0.6) is 0 Å². The highest BCUT2D eigenvalue weighted by Gasteiger charge is 2.15. The number of pyridine rings is 1. The molecule has 0 radical (unpaired) electrons. The fraction of sp³-hybridized carbons (Fsp3) is 0.312. The van der Waals surface area contributed by atoms with Crippen molar-refractivity contribution in [1.82, 2.24) is 4.98 Å². The molecule has 0 bridgehead atoms. The molecular formula is C16H17N. The van der Waals surface area contributed by atoms with Gasteiger partial charge in [-0.3, -0.25) is 4.98 Å². The van der Waals surface area contributed by atoms with E-state index in [-0.39, 0.29) is 0 Å². The van der Waals surface area contributed by atoms with E-state index >= 15 is 0 Å². The van der Waals surface area contributed by atoms with Gasteiger partial charge < -0.3 is 0 Å². The van der Waals surface area contributed by atoms with Crippen LogP contribution in [0.3, 0.4) is 0 Å². The van der Waals surface area contributed by atoms with Gasteiger partial charge in [-0.1, -0.05) is 30.3 Å². The standard InChI is InChI=1S/C16H17N/c1-12-15-10-6-5-9-14(15)11-17-16(12)13-7-3-2-4-8-13/h2-4,7-8,11H,5-6,9-10H2,1H3. The number of rotatable bonds is 1. The smallest absolute Gasteiger partial charge is 0.0734 e. The fourth-order valence-corrected chi connectivity index (χ4v) is 2.77. The minimum absolute atomic E-state index is 1.16. The van der Waals surface area contributed by atoms with Crippen molar-refractivity contribution >= 4 is 0 Å². The highest BCUT2D eigenvalue weighted by atomic mass is 14.7. The van der Waals surface area contributed by atoms with Gasteiger partial charge in [0.25, 0.3) is 0 Å². The molecule has 1 aliphatic carbocycles. The summed E-state index contributed by atoms with van der Waals surface area (Å²) in [5.41, 5.74) is 6.79. The number of aromatic nitrogens is 1. The second kappa shape index (κ2) is 4.33. The van der Waals surface area contributed by atoms with Crippen LogP contribution in [0.4, 0.5) is 0 Å². The third-order valence-corrected chi connectivity index (χ3v) is 3.72. The number of nitrogens with zero attached hydrogens (tertiary/aromatic N) is 1. The Balaban J connectivity index is 2.13. The summed E-state index contributed by atoms with van der Waals surface area (Å²) >= 11 is 0. The summed E-state index contributed by atoms with van der Waals surface area (Å²) in [6.07, 6.45) is 7.16. The summed E-state index contributed by atoms with van der Waals surface area (Å²) in [7, 11) is 0. The highest BCUT2D eigenvalue weighted by molar-refractivity contribution is 5.65. The van der Waals surface area contributed by atoms with Crippen molar-refractivity contribution < 1.29 is 0 Å². The van der Waals surface area contributed by atoms with E-state index in [9.17, 15) is 0 Å². The zero-order valence-electron chi connectivity index (χ0n) is 10.2. The Bertz CT molecular complexity index is 529. The van der Waals surface area contributed by atoms with E-state index in [0.717, 1.165) is 5.69 Å². The zero-order chi connectivity index (χ0) is 11.7. The quantitative estimate of drug-likeness (QED) is 0.713. The average molecular weight is 223 g/mol. The Hall–Kier alpha value is -1.63. The van der Waals surface area contributed by atoms with Crippen LogP contribution in [0, 0.1) is 6.92 Å². The summed E-state index contributed by atoms with van der Waals surface area (Å²) in [4.78, 5) is 4.66. The van der Waals surface area contributed by atoms with Gasteiger partial charge in [0.15, 0.2) is 0 Å². The molecule has 1 aromatic carbocycles. The summed E-state index contributed by atoms with van der Waals surface area (Å²) in [5, 5.41) is 0. The molecule has 1 nitrogen and oxygen atoms in total. The van der Waals surface area contributed by atoms with Crippen molar-refractivity contribution in [2.75, 3.05) is 0 Å². The van der Waals surface area contributed by atoms with Crippen LogP contribution in [-0.4, -0.2) is 4.98 Å². The van der Waals surface area contributed by atoms with E-state index < -0.39 is 0 Å². The first-order valence-corrected chi connectivity index (χ1v) is 6.39. The SMILES string of the molecule is Cc1c(-c2ccccc2)ncc2c1CCCC2. The van der Waals surface area contributed by atoms with Gasteiger partial charge >= 0.3 is 0 Å². The molecule has 86 valence electrons. The Morgan fingerprint density at radius 3 is 2.59 bits per heavy atom. The van der Waals surface area contributed by atoms with E-state index in [4.69, 9.17) is 0 Å². The van der Waals surface area contributed by atoms with Gasteiger partial charge in [-0.2, -0.15) is 0 Å². The largest absolute Gasteiger partial charge is 0.256 e. The molecule has 0 amide bonds. The van der Waals surface area contributed by atoms with Crippen LogP contribution < -0.4 is 0 Å². The first kappa shape index (κ1) is 10.5. The first-order valence-electron chi connectivity index (χ1n) is 6.39. The molecule has 0 spiro atoms. The second-order valence-corrected chi connectivity index (χ2v) is 4.81. The summed E-state index contributed by atoms with van der Waals surface area (Å²) in [6, 6.07) is 10.5. The Morgan fingerprint density at radius 2 is 1.76 bits per heavy atom. The summed E-state index contributed by atoms with van der Waals surface area (Å²) in [6.45, 7) is 2.22. The third kappa shape index (κ3) is 1.86. The van der Waals surface area contributed by atoms with Gasteiger partial charge in [-0.25, -0.2) is 0 Å². The lowest BCUT2D eigenvalue weighted by Gasteiger charge is -2.19. The zero-order valence-corrected chi connectivity index (χ0v) is 10.2. The number of aryl methyl sites for hydroxylation is 1. The Kier molecular flexibility index (Phi) is 2.68. The molecule has 0 fully saturated rings. The Morgan fingerprint density at radius 1 is 1.00 bits per heavy atom. The molecule has 1 heteroatoms. The van der Waals surface area contributed by atoms with Crippen molar-refractivity contribution in [1.29, 1.82) is 0 Å². The number of hydrogen-bond acceptors (Lipinski definition) is 1. The molecule has 0 unspecified atom stereocenters. The van der Waals surface area contributed by atoms with Gasteiger partial charge in [0.1, 0.15) is 0 Å². The van der Waals surface area contributed by atoms with Gasteiger partial charge in [-0.15, -0.1) is 0 Å². The van der Waals surface area contributed by atoms with Crippen molar-refractivity contribution in [3.05, 3.63) is 53.2 Å². The van der Waals surface area contributed by atoms with Crippen molar-refractivity contribution in [2.45, 2.75) is 32.6 Å². The molecule has 1 aromatic heterocycles. The van der Waals surface area contributed by atoms with E-state index in [0.29, 0.717) is 0 Å². The van der Waals surface area contributed by atoms with Gasteiger partial charge in [0.05, 0.1) is 5.69 Å². The predicted molar refractivity (Wildman–Crippen MR) is 71.1 cm³/mol. The van der Waals surface area contributed by atoms with Gasteiger partial charge in [0, 0.05) is 11.8 Å². The van der Waals surface area contributed by atoms with E-state index in [1.165, 1.54) is 42.4 Å². The number of hydrogen-bond donors (Lipinski definition) is 0. The monoisotopic (exact) mass is 223 g/mol. The third-order valence-electron chi connectivity index (χ3n) is 3.72. The minimum Gasteiger partial charge on any atom is -0.256 e. The molecule has 1 aliphatic rings. The van der Waals surface area contributed by atoms with Crippen molar-refractivity contribution in [3.8, 4) is 11.3 Å². The molecule has 0 saturated carbocycles. The maximum absolute atomic E-state index is 4.66. The van der Waals surface area contributed by atoms with Gasteiger partial charge in [-0.05, 0) is 49.3 Å². The Labute approximate surface area is 103 Å². The second-order valence-electron chi connectivity index (χ2n) is 4.81. The lowest BCUT2D eigenvalue weighted by Crippen LogP contribution is -2.07. The summed E-state index contributed by atoms with van der Waals surface area (Å²) in [5.74, 6) is 0. The molecule has 0 aliphatic heterocycles. The molecule has 1 heterocycles. The average Bonchev–Trinajstić information content (AvgIpc) is 2.40. The molecule has 0 atom stereocenters. The molecule has 2 aromatic rings. The van der Waals surface area contributed by atoms with Crippen molar-refractivity contribution in [2.24, 2.45) is 0 Å². The normalized spacial score (nSPS) is 14.4. The molecular weight excluding hydrogens is 206 g/mol. The van der Waals surface area contributed by atoms with Crippen LogP contribution in [0.1, 0.15) is 29.5 Å². The van der Waals surface area contributed by atoms with Crippen LogP contribution in [0.2, 0.25) is 0 Å². The van der Waals surface area contributed by atoms with Crippen LogP contribution in [-0.2, 0) is 12.8 Å². The van der Waals surface area contributed by atoms with Crippen LogP contribution in [0.25, 0.3) is 11.3 Å². The van der Waals surface area contributed by atoms with E-state index in [2.05, 4.69) is 48.4 Å². The fourth-order valence-electron chi connectivity index (χ4n) is 2.77. The van der Waals surface area contributed by atoms with Gasteiger partial charge in [0.2, 0.25) is 0 Å². The van der Waals surface area contributed by atoms with Crippen LogP contribution >= 0.6 is 0 Å². The topological polar surface area (TPSA) is 12.9 Å². The molecule has 3 rings (SSSR count). The maximum Gasteiger partial charge on any atom is 0.0734 e. The number of benzene rings is 1. The summed E-state index contributed by atoms with van der Waals surface area (Å²) < 4.78 is 0. The molecule has 0 N–H and O–H groups in total. The van der Waals surface area contributed by atoms with E-state index in [1.807, 2.05) is 0 Å². The minimum atomic E-state index is 1.16. The van der Waals surface area contributed by atoms with E-state index in [1.54, 1.807) is 5.56 Å². The van der Waals surface area contributed by atoms with Crippen molar-refractivity contribution in [3.63, 3.8) is 0 Å². The lowest BCUT2D eigenvalue weighted by molar-refractivity contribution is 0.678. The first-order chi connectivity index (χ1) is 8.36. The van der Waals surface area contributed by atoms with Crippen LogP contribution in [0.15, 0.2) is 36.5 Å². The highest BCUT2D eigenvalue weighted by Crippen LogP contribution is 2.29. The maximum atomic E-state index is 4.66. The predicted octanol–water partition coefficient (Wildman–Crippen LogP) is 3.94. The molecule has 0 saturated heterocycles. The lowest BCUT2D eigenvalue weighted by atomic mass is 9.88. The number of fused-ring (bicyclic) bond motifs is 1.